The second kappa shape index (κ2) is 5.94. The van der Waals surface area contributed by atoms with Gasteiger partial charge in [0.15, 0.2) is 0 Å². The SMILES string of the molecule is C[C@@H]1CSc2ccccc2[C@H]1NC1CCN(C2CC2)CC1. The van der Waals surface area contributed by atoms with Gasteiger partial charge in [0.25, 0.3) is 0 Å². The van der Waals surface area contributed by atoms with Gasteiger partial charge in [-0.1, -0.05) is 25.1 Å². The molecule has 2 nitrogen and oxygen atoms in total. The molecule has 3 heteroatoms. The molecule has 1 N–H and O–H groups in total. The van der Waals surface area contributed by atoms with Gasteiger partial charge in [-0.2, -0.15) is 0 Å². The zero-order valence-electron chi connectivity index (χ0n) is 12.9. The Morgan fingerprint density at radius 1 is 1.10 bits per heavy atom. The van der Waals surface area contributed by atoms with Crippen molar-refractivity contribution in [1.82, 2.24) is 10.2 Å². The number of thioether (sulfide) groups is 1. The van der Waals surface area contributed by atoms with E-state index in [9.17, 15) is 0 Å². The van der Waals surface area contributed by atoms with Gasteiger partial charge in [0.2, 0.25) is 0 Å². The summed E-state index contributed by atoms with van der Waals surface area (Å²) in [5.74, 6) is 1.97. The van der Waals surface area contributed by atoms with Crippen LogP contribution in [-0.2, 0) is 0 Å². The number of hydrogen-bond acceptors (Lipinski definition) is 3. The summed E-state index contributed by atoms with van der Waals surface area (Å²) < 4.78 is 0. The Hall–Kier alpha value is -0.510. The van der Waals surface area contributed by atoms with Crippen LogP contribution >= 0.6 is 11.8 Å². The van der Waals surface area contributed by atoms with Gasteiger partial charge in [0.05, 0.1) is 0 Å². The van der Waals surface area contributed by atoms with Crippen LogP contribution in [0, 0.1) is 5.92 Å². The van der Waals surface area contributed by atoms with E-state index in [1.807, 2.05) is 11.8 Å². The van der Waals surface area contributed by atoms with Crippen molar-refractivity contribution in [3.05, 3.63) is 29.8 Å². The monoisotopic (exact) mass is 302 g/mol. The first kappa shape index (κ1) is 14.1. The molecule has 1 aromatic carbocycles. The van der Waals surface area contributed by atoms with Crippen LogP contribution in [-0.4, -0.2) is 35.8 Å². The molecule has 21 heavy (non-hydrogen) atoms. The van der Waals surface area contributed by atoms with Gasteiger partial charge in [-0.3, -0.25) is 0 Å². The Morgan fingerprint density at radius 3 is 2.62 bits per heavy atom. The van der Waals surface area contributed by atoms with Gasteiger partial charge in [-0.05, 0) is 56.3 Å². The van der Waals surface area contributed by atoms with Gasteiger partial charge in [-0.15, -0.1) is 11.8 Å². The molecule has 3 aliphatic rings. The van der Waals surface area contributed by atoms with Crippen LogP contribution in [0.1, 0.15) is 44.2 Å². The lowest BCUT2D eigenvalue weighted by Gasteiger charge is -2.38. The fraction of sp³-hybridized carbons (Fsp3) is 0.667. The average Bonchev–Trinajstić information content (AvgIpc) is 3.36. The van der Waals surface area contributed by atoms with Crippen molar-refractivity contribution in [2.24, 2.45) is 5.92 Å². The molecule has 0 bridgehead atoms. The van der Waals surface area contributed by atoms with Gasteiger partial charge >= 0.3 is 0 Å². The van der Waals surface area contributed by atoms with Crippen LogP contribution in [0.4, 0.5) is 0 Å². The molecule has 2 fully saturated rings. The van der Waals surface area contributed by atoms with E-state index < -0.39 is 0 Å². The van der Waals surface area contributed by atoms with Crippen molar-refractivity contribution in [1.29, 1.82) is 0 Å². The number of nitrogens with one attached hydrogen (secondary N) is 1. The molecule has 4 rings (SSSR count). The molecule has 1 aromatic rings. The lowest BCUT2D eigenvalue weighted by molar-refractivity contribution is 0.176. The summed E-state index contributed by atoms with van der Waals surface area (Å²) in [6.07, 6.45) is 5.55. The lowest BCUT2D eigenvalue weighted by Crippen LogP contribution is -2.46. The third-order valence-electron chi connectivity index (χ3n) is 5.33. The maximum Gasteiger partial charge on any atom is 0.0367 e. The quantitative estimate of drug-likeness (QED) is 0.917. The summed E-state index contributed by atoms with van der Waals surface area (Å²) in [6, 6.07) is 11.2. The van der Waals surface area contributed by atoms with E-state index >= 15 is 0 Å². The maximum atomic E-state index is 4.00. The van der Waals surface area contributed by atoms with Crippen molar-refractivity contribution in [3.8, 4) is 0 Å². The zero-order valence-corrected chi connectivity index (χ0v) is 13.7. The van der Waals surface area contributed by atoms with Crippen molar-refractivity contribution in [2.75, 3.05) is 18.8 Å². The molecule has 0 amide bonds. The van der Waals surface area contributed by atoms with E-state index in [1.54, 1.807) is 0 Å². The fourth-order valence-corrected chi connectivity index (χ4v) is 5.04. The van der Waals surface area contributed by atoms with E-state index in [2.05, 4.69) is 41.4 Å². The number of fused-ring (bicyclic) bond motifs is 1. The first-order valence-corrected chi connectivity index (χ1v) is 9.51. The topological polar surface area (TPSA) is 15.3 Å². The summed E-state index contributed by atoms with van der Waals surface area (Å²) in [7, 11) is 0. The van der Waals surface area contributed by atoms with Crippen LogP contribution < -0.4 is 5.32 Å². The molecule has 0 aromatic heterocycles. The van der Waals surface area contributed by atoms with E-state index in [4.69, 9.17) is 0 Å². The molecule has 114 valence electrons. The van der Waals surface area contributed by atoms with E-state index in [0.717, 1.165) is 12.0 Å². The van der Waals surface area contributed by atoms with Crippen LogP contribution in [0.2, 0.25) is 0 Å². The minimum absolute atomic E-state index is 0.555. The molecular weight excluding hydrogens is 276 g/mol. The van der Waals surface area contributed by atoms with Crippen LogP contribution in [0.25, 0.3) is 0 Å². The second-order valence-electron chi connectivity index (χ2n) is 7.01. The van der Waals surface area contributed by atoms with Gasteiger partial charge in [0.1, 0.15) is 0 Å². The highest BCUT2D eigenvalue weighted by Crippen LogP contribution is 2.40. The molecule has 0 radical (unpaired) electrons. The molecular formula is C18H26N2S. The number of hydrogen-bond donors (Lipinski definition) is 1. The van der Waals surface area contributed by atoms with E-state index in [1.165, 1.54) is 55.0 Å². The third kappa shape index (κ3) is 3.01. The Labute approximate surface area is 132 Å². The fourth-order valence-electron chi connectivity index (χ4n) is 3.87. The summed E-state index contributed by atoms with van der Waals surface area (Å²) in [4.78, 5) is 4.20. The van der Waals surface area contributed by atoms with Gasteiger partial charge < -0.3 is 10.2 Å². The van der Waals surface area contributed by atoms with Crippen LogP contribution in [0.5, 0.6) is 0 Å². The minimum Gasteiger partial charge on any atom is -0.307 e. The molecule has 2 heterocycles. The highest BCUT2D eigenvalue weighted by atomic mass is 32.2. The highest BCUT2D eigenvalue weighted by Gasteiger charge is 2.34. The number of benzene rings is 1. The Kier molecular flexibility index (Phi) is 3.99. The molecule has 2 aliphatic heterocycles. The zero-order chi connectivity index (χ0) is 14.2. The first-order chi connectivity index (χ1) is 10.3. The van der Waals surface area contributed by atoms with Gasteiger partial charge in [-0.25, -0.2) is 0 Å². The van der Waals surface area contributed by atoms with Crippen molar-refractivity contribution in [2.45, 2.75) is 55.6 Å². The van der Waals surface area contributed by atoms with E-state index in [-0.39, 0.29) is 0 Å². The molecule has 1 aliphatic carbocycles. The predicted octanol–water partition coefficient (Wildman–Crippen LogP) is 3.69. The second-order valence-corrected chi connectivity index (χ2v) is 8.07. The minimum atomic E-state index is 0.555. The van der Waals surface area contributed by atoms with Crippen molar-refractivity contribution < 1.29 is 0 Å². The largest absolute Gasteiger partial charge is 0.307 e. The maximum absolute atomic E-state index is 4.00. The van der Waals surface area contributed by atoms with Crippen molar-refractivity contribution in [3.63, 3.8) is 0 Å². The number of piperidine rings is 1. The Bertz CT molecular complexity index is 492. The van der Waals surface area contributed by atoms with Gasteiger partial charge in [0, 0.05) is 28.8 Å². The third-order valence-corrected chi connectivity index (χ3v) is 6.71. The standard InChI is InChI=1S/C18H26N2S/c1-13-12-21-17-5-3-2-4-16(17)18(13)19-14-8-10-20(11-9-14)15-6-7-15/h2-5,13-15,18-19H,6-12H2,1H3/t13-,18+/m1/s1. The highest BCUT2D eigenvalue weighted by molar-refractivity contribution is 7.99. The summed E-state index contributed by atoms with van der Waals surface area (Å²) in [5, 5.41) is 4.00. The number of likely N-dealkylation sites (tertiary alicyclic amines) is 1. The molecule has 0 spiro atoms. The summed E-state index contributed by atoms with van der Waals surface area (Å²) >= 11 is 2.03. The van der Waals surface area contributed by atoms with E-state index in [0.29, 0.717) is 12.1 Å². The molecule has 2 atom stereocenters. The molecule has 1 saturated carbocycles. The normalized spacial score (nSPS) is 31.1. The summed E-state index contributed by atoms with van der Waals surface area (Å²) in [5.41, 5.74) is 1.53. The molecule has 0 unspecified atom stereocenters. The number of rotatable bonds is 3. The Balaban J connectivity index is 1.42. The molecule has 1 saturated heterocycles. The smallest absolute Gasteiger partial charge is 0.0367 e. The number of nitrogens with zero attached hydrogens (tertiary/aromatic N) is 1. The Morgan fingerprint density at radius 2 is 1.86 bits per heavy atom. The summed E-state index contributed by atoms with van der Waals surface area (Å²) in [6.45, 7) is 5.01. The predicted molar refractivity (Wildman–Crippen MR) is 89.8 cm³/mol. The average molecular weight is 302 g/mol. The van der Waals surface area contributed by atoms with Crippen molar-refractivity contribution >= 4 is 11.8 Å². The lowest BCUT2D eigenvalue weighted by atomic mass is 9.92. The first-order valence-electron chi connectivity index (χ1n) is 8.53. The van der Waals surface area contributed by atoms with Crippen LogP contribution in [0.3, 0.4) is 0 Å². The van der Waals surface area contributed by atoms with Crippen LogP contribution in [0.15, 0.2) is 29.2 Å².